The van der Waals surface area contributed by atoms with Gasteiger partial charge in [0.1, 0.15) is 6.29 Å². The lowest BCUT2D eigenvalue weighted by atomic mass is 10.1. The number of aryl methyl sites for hydroxylation is 1. The van der Waals surface area contributed by atoms with Crippen molar-refractivity contribution in [1.29, 1.82) is 0 Å². The van der Waals surface area contributed by atoms with Crippen molar-refractivity contribution in [2.45, 2.75) is 33.6 Å². The molecule has 0 aliphatic rings. The van der Waals surface area contributed by atoms with E-state index < -0.39 is 17.8 Å². The van der Waals surface area contributed by atoms with E-state index in [2.05, 4.69) is 9.97 Å². The summed E-state index contributed by atoms with van der Waals surface area (Å²) in [7, 11) is 0. The first-order valence-electron chi connectivity index (χ1n) is 8.13. The highest BCUT2D eigenvalue weighted by molar-refractivity contribution is 6.20. The van der Waals surface area contributed by atoms with Gasteiger partial charge in [0.2, 0.25) is 11.9 Å². The minimum atomic E-state index is -0.793. The summed E-state index contributed by atoms with van der Waals surface area (Å²) in [5.41, 5.74) is 5.94. The topological polar surface area (TPSA) is 133 Å². The number of nitrogens with two attached hydrogens (primary N) is 1. The fourth-order valence-corrected chi connectivity index (χ4v) is 2.15. The molecule has 0 spiro atoms. The highest BCUT2D eigenvalue weighted by Crippen LogP contribution is 2.17. The van der Waals surface area contributed by atoms with Crippen molar-refractivity contribution >= 4 is 30.0 Å². The molecule has 0 aliphatic heterocycles. The average Bonchev–Trinajstić information content (AvgIpc) is 2.60. The number of amides is 2. The molecule has 26 heavy (non-hydrogen) atoms. The van der Waals surface area contributed by atoms with E-state index in [4.69, 9.17) is 10.5 Å². The first-order valence-corrected chi connectivity index (χ1v) is 8.13. The SMILES string of the molecule is CCCc1nc(N(C(C)=O)C(=O)/C(=C\C=O)CN)ncc1C(=O)OCC. The maximum absolute atomic E-state index is 12.5. The summed E-state index contributed by atoms with van der Waals surface area (Å²) >= 11 is 0. The number of ether oxygens (including phenoxy) is 1. The van der Waals surface area contributed by atoms with E-state index >= 15 is 0 Å². The third-order valence-corrected chi connectivity index (χ3v) is 3.32. The van der Waals surface area contributed by atoms with Crippen LogP contribution in [0.3, 0.4) is 0 Å². The average molecular weight is 362 g/mol. The van der Waals surface area contributed by atoms with E-state index in [1.54, 1.807) is 6.92 Å². The van der Waals surface area contributed by atoms with Gasteiger partial charge in [0.25, 0.3) is 5.91 Å². The molecule has 140 valence electrons. The Bertz CT molecular complexity index is 730. The third-order valence-electron chi connectivity index (χ3n) is 3.32. The van der Waals surface area contributed by atoms with Gasteiger partial charge in [-0.25, -0.2) is 19.7 Å². The second-order valence-corrected chi connectivity index (χ2v) is 5.19. The molecule has 0 aliphatic carbocycles. The molecule has 2 N–H and O–H groups in total. The van der Waals surface area contributed by atoms with Crippen molar-refractivity contribution in [3.8, 4) is 0 Å². The number of rotatable bonds is 8. The minimum absolute atomic E-state index is 0.0645. The van der Waals surface area contributed by atoms with Gasteiger partial charge in [-0.15, -0.1) is 0 Å². The van der Waals surface area contributed by atoms with Gasteiger partial charge in [-0.3, -0.25) is 14.4 Å². The quantitative estimate of drug-likeness (QED) is 0.403. The van der Waals surface area contributed by atoms with E-state index in [0.29, 0.717) is 24.8 Å². The van der Waals surface area contributed by atoms with Crippen molar-refractivity contribution < 1.29 is 23.9 Å². The zero-order chi connectivity index (χ0) is 19.7. The fraction of sp³-hybridized carbons (Fsp3) is 0.412. The lowest BCUT2D eigenvalue weighted by Crippen LogP contribution is -2.39. The first kappa shape index (κ1) is 21.1. The van der Waals surface area contributed by atoms with Crippen LogP contribution < -0.4 is 10.6 Å². The summed E-state index contributed by atoms with van der Waals surface area (Å²) in [6.07, 6.45) is 3.72. The van der Waals surface area contributed by atoms with Crippen LogP contribution in [-0.4, -0.2) is 47.2 Å². The number of allylic oxidation sites excluding steroid dienone is 1. The molecule has 0 bridgehead atoms. The minimum Gasteiger partial charge on any atom is -0.462 e. The van der Waals surface area contributed by atoms with Crippen LogP contribution in [0.2, 0.25) is 0 Å². The van der Waals surface area contributed by atoms with E-state index in [0.717, 1.165) is 17.9 Å². The van der Waals surface area contributed by atoms with Crippen molar-refractivity contribution in [3.63, 3.8) is 0 Å². The Hall–Kier alpha value is -2.94. The monoisotopic (exact) mass is 362 g/mol. The van der Waals surface area contributed by atoms with Crippen molar-refractivity contribution in [2.24, 2.45) is 5.73 Å². The van der Waals surface area contributed by atoms with Crippen molar-refractivity contribution in [3.05, 3.63) is 29.1 Å². The molecule has 9 nitrogen and oxygen atoms in total. The number of hydrogen-bond donors (Lipinski definition) is 1. The van der Waals surface area contributed by atoms with Crippen LogP contribution in [0.25, 0.3) is 0 Å². The number of carbonyl (C=O) groups is 4. The zero-order valence-electron chi connectivity index (χ0n) is 15.0. The number of aromatic nitrogens is 2. The molecule has 1 heterocycles. The summed E-state index contributed by atoms with van der Waals surface area (Å²) < 4.78 is 4.97. The fourth-order valence-electron chi connectivity index (χ4n) is 2.15. The molecular weight excluding hydrogens is 340 g/mol. The van der Waals surface area contributed by atoms with E-state index in [9.17, 15) is 19.2 Å². The molecule has 0 fully saturated rings. The number of aldehydes is 1. The summed E-state index contributed by atoms with van der Waals surface area (Å²) in [4.78, 5) is 56.1. The second-order valence-electron chi connectivity index (χ2n) is 5.19. The van der Waals surface area contributed by atoms with Crippen molar-refractivity contribution in [1.82, 2.24) is 9.97 Å². The summed E-state index contributed by atoms with van der Waals surface area (Å²) in [6.45, 7) is 4.69. The summed E-state index contributed by atoms with van der Waals surface area (Å²) in [5, 5.41) is 0. The molecule has 1 aromatic heterocycles. The highest BCUT2D eigenvalue weighted by atomic mass is 16.5. The number of carbonyl (C=O) groups excluding carboxylic acids is 4. The Labute approximate surface area is 151 Å². The van der Waals surface area contributed by atoms with Crippen LogP contribution in [-0.2, 0) is 25.5 Å². The molecular formula is C17H22N4O5. The Balaban J connectivity index is 3.40. The van der Waals surface area contributed by atoms with E-state index in [1.165, 1.54) is 6.20 Å². The van der Waals surface area contributed by atoms with Crippen LogP contribution in [0.1, 0.15) is 43.2 Å². The Kier molecular flexibility index (Phi) is 8.23. The van der Waals surface area contributed by atoms with Crippen LogP contribution in [0.4, 0.5) is 5.95 Å². The molecule has 0 saturated heterocycles. The Morgan fingerprint density at radius 2 is 2.00 bits per heavy atom. The predicted molar refractivity (Wildman–Crippen MR) is 93.4 cm³/mol. The first-order chi connectivity index (χ1) is 12.4. The van der Waals surface area contributed by atoms with Gasteiger partial charge in [0.05, 0.1) is 17.9 Å². The van der Waals surface area contributed by atoms with Crippen LogP contribution >= 0.6 is 0 Å². The van der Waals surface area contributed by atoms with Gasteiger partial charge in [-0.1, -0.05) is 13.3 Å². The Morgan fingerprint density at radius 1 is 1.31 bits per heavy atom. The highest BCUT2D eigenvalue weighted by Gasteiger charge is 2.27. The van der Waals surface area contributed by atoms with Gasteiger partial charge >= 0.3 is 5.97 Å². The van der Waals surface area contributed by atoms with Gasteiger partial charge in [-0.05, 0) is 19.4 Å². The number of hydrogen-bond acceptors (Lipinski definition) is 8. The molecule has 0 radical (unpaired) electrons. The summed E-state index contributed by atoms with van der Waals surface area (Å²) in [6, 6.07) is 0. The number of nitrogens with zero attached hydrogens (tertiary/aromatic N) is 3. The molecule has 1 aromatic rings. The maximum atomic E-state index is 12.5. The third kappa shape index (κ3) is 5.03. The predicted octanol–water partition coefficient (Wildman–Crippen LogP) is 0.569. The molecule has 0 atom stereocenters. The van der Waals surface area contributed by atoms with Gasteiger partial charge < -0.3 is 10.5 Å². The molecule has 0 unspecified atom stereocenters. The number of anilines is 1. The van der Waals surface area contributed by atoms with Crippen LogP contribution in [0.15, 0.2) is 17.8 Å². The molecule has 2 amide bonds. The summed E-state index contributed by atoms with van der Waals surface area (Å²) in [5.74, 6) is -2.21. The molecule has 9 heteroatoms. The van der Waals surface area contributed by atoms with Gasteiger partial charge in [-0.2, -0.15) is 0 Å². The lowest BCUT2D eigenvalue weighted by molar-refractivity contribution is -0.123. The Morgan fingerprint density at radius 3 is 2.50 bits per heavy atom. The smallest absolute Gasteiger partial charge is 0.341 e. The second kappa shape index (κ2) is 10.1. The standard InChI is InChI=1S/C17H22N4O5/c1-4-6-14-13(16(25)26-5-2)10-19-17(20-14)21(11(3)23)15(24)12(9-18)7-8-22/h7-8,10H,4-6,9,18H2,1-3H3/b12-7-. The zero-order valence-corrected chi connectivity index (χ0v) is 15.0. The lowest BCUT2D eigenvalue weighted by Gasteiger charge is -2.19. The molecule has 1 rings (SSSR count). The van der Waals surface area contributed by atoms with E-state index in [-0.39, 0.29) is 30.2 Å². The van der Waals surface area contributed by atoms with Gasteiger partial charge in [0.15, 0.2) is 0 Å². The van der Waals surface area contributed by atoms with Crippen LogP contribution in [0, 0.1) is 0 Å². The van der Waals surface area contributed by atoms with Crippen LogP contribution in [0.5, 0.6) is 0 Å². The maximum Gasteiger partial charge on any atom is 0.341 e. The number of esters is 1. The normalized spacial score (nSPS) is 11.0. The largest absolute Gasteiger partial charge is 0.462 e. The molecule has 0 saturated carbocycles. The molecule has 0 aromatic carbocycles. The number of imide groups is 1. The van der Waals surface area contributed by atoms with Crippen molar-refractivity contribution in [2.75, 3.05) is 18.1 Å². The van der Waals surface area contributed by atoms with E-state index in [1.807, 2.05) is 6.92 Å². The van der Waals surface area contributed by atoms with Gasteiger partial charge in [0, 0.05) is 25.2 Å².